The van der Waals surface area contributed by atoms with Crippen LogP contribution in [-0.2, 0) is 6.42 Å². The van der Waals surface area contributed by atoms with Crippen molar-refractivity contribution in [2.24, 2.45) is 0 Å². The Morgan fingerprint density at radius 2 is 2.00 bits per heavy atom. The van der Waals surface area contributed by atoms with Gasteiger partial charge in [0, 0.05) is 0 Å². The summed E-state index contributed by atoms with van der Waals surface area (Å²) in [5.41, 5.74) is 4.38. The fourth-order valence-corrected chi connectivity index (χ4v) is 1.25. The van der Waals surface area contributed by atoms with Gasteiger partial charge in [-0.15, -0.1) is 0 Å². The summed E-state index contributed by atoms with van der Waals surface area (Å²) in [5.74, 6) is 0. The Kier molecular flexibility index (Phi) is 2.50. The normalized spacial score (nSPS) is 9.50. The van der Waals surface area contributed by atoms with E-state index in [4.69, 9.17) is 5.26 Å². The Balaban J connectivity index is 3.31. The van der Waals surface area contributed by atoms with Crippen LogP contribution >= 0.6 is 0 Å². The molecule has 0 N–H and O–H groups in total. The first kappa shape index (κ1) is 8.80. The highest BCUT2D eigenvalue weighted by atomic mass is 14.2. The van der Waals surface area contributed by atoms with Crippen LogP contribution in [0, 0.1) is 25.2 Å². The van der Waals surface area contributed by atoms with Crippen LogP contribution in [0.4, 0.5) is 0 Å². The number of hydrogen-bond donors (Lipinski definition) is 0. The lowest BCUT2D eigenvalue weighted by atomic mass is 9.99. The number of hydrogen-bond acceptors (Lipinski definition) is 1. The smallest absolute Gasteiger partial charge is 0.0994 e. The molecule has 0 spiro atoms. The van der Waals surface area contributed by atoms with E-state index in [2.05, 4.69) is 26.0 Å². The molecule has 0 unspecified atom stereocenters. The van der Waals surface area contributed by atoms with Crippen LogP contribution < -0.4 is 0 Å². The summed E-state index contributed by atoms with van der Waals surface area (Å²) in [7, 11) is 0. The lowest BCUT2D eigenvalue weighted by Gasteiger charge is -2.04. The Morgan fingerprint density at radius 3 is 2.50 bits per heavy atom. The Labute approximate surface area is 73.6 Å². The van der Waals surface area contributed by atoms with Crippen LogP contribution in [-0.4, -0.2) is 0 Å². The van der Waals surface area contributed by atoms with E-state index < -0.39 is 0 Å². The molecule has 0 bridgehead atoms. The molecule has 1 aromatic rings. The van der Waals surface area contributed by atoms with E-state index in [0.29, 0.717) is 0 Å². The fraction of sp³-hybridized carbons (Fsp3) is 0.364. The van der Waals surface area contributed by atoms with Gasteiger partial charge in [0.25, 0.3) is 0 Å². The van der Waals surface area contributed by atoms with Gasteiger partial charge in [-0.2, -0.15) is 5.26 Å². The topological polar surface area (TPSA) is 23.8 Å². The van der Waals surface area contributed by atoms with Gasteiger partial charge in [-0.1, -0.05) is 13.0 Å². The van der Waals surface area contributed by atoms with Crippen LogP contribution in [0.3, 0.4) is 0 Å². The molecule has 0 heterocycles. The second-order valence-electron chi connectivity index (χ2n) is 3.05. The molecule has 0 amide bonds. The van der Waals surface area contributed by atoms with Crippen molar-refractivity contribution in [1.29, 1.82) is 5.26 Å². The van der Waals surface area contributed by atoms with Gasteiger partial charge in [0.05, 0.1) is 11.6 Å². The van der Waals surface area contributed by atoms with E-state index in [1.807, 2.05) is 13.0 Å². The maximum Gasteiger partial charge on any atom is 0.0994 e. The van der Waals surface area contributed by atoms with Crippen LogP contribution in [0.25, 0.3) is 0 Å². The Hall–Kier alpha value is -1.29. The van der Waals surface area contributed by atoms with Gasteiger partial charge in [-0.05, 0) is 43.0 Å². The SMILES string of the molecule is CCc1cc(C)c(C)c(C#N)c1. The molecule has 0 aliphatic carbocycles. The predicted molar refractivity (Wildman–Crippen MR) is 50.0 cm³/mol. The first-order valence-corrected chi connectivity index (χ1v) is 4.19. The average Bonchev–Trinajstić information content (AvgIpc) is 2.09. The lowest BCUT2D eigenvalue weighted by Crippen LogP contribution is -1.91. The molecule has 0 saturated heterocycles. The van der Waals surface area contributed by atoms with Crippen molar-refractivity contribution < 1.29 is 0 Å². The van der Waals surface area contributed by atoms with E-state index >= 15 is 0 Å². The second-order valence-corrected chi connectivity index (χ2v) is 3.05. The summed E-state index contributed by atoms with van der Waals surface area (Å²) >= 11 is 0. The van der Waals surface area contributed by atoms with Crippen molar-refractivity contribution in [3.8, 4) is 6.07 Å². The van der Waals surface area contributed by atoms with Crippen molar-refractivity contribution in [1.82, 2.24) is 0 Å². The third-order valence-electron chi connectivity index (χ3n) is 2.26. The van der Waals surface area contributed by atoms with Crippen LogP contribution in [0.1, 0.15) is 29.2 Å². The summed E-state index contributed by atoms with van der Waals surface area (Å²) in [6, 6.07) is 6.33. The zero-order valence-electron chi connectivity index (χ0n) is 7.81. The maximum absolute atomic E-state index is 8.81. The molecule has 0 radical (unpaired) electrons. The molecule has 1 heteroatoms. The number of nitriles is 1. The molecule has 0 fully saturated rings. The van der Waals surface area contributed by atoms with Gasteiger partial charge < -0.3 is 0 Å². The van der Waals surface area contributed by atoms with Crippen molar-refractivity contribution in [3.05, 3.63) is 34.4 Å². The number of nitrogens with zero attached hydrogens (tertiary/aromatic N) is 1. The highest BCUT2D eigenvalue weighted by Crippen LogP contribution is 2.15. The molecular weight excluding hydrogens is 146 g/mol. The van der Waals surface area contributed by atoms with Gasteiger partial charge in [-0.25, -0.2) is 0 Å². The van der Waals surface area contributed by atoms with E-state index in [9.17, 15) is 0 Å². The van der Waals surface area contributed by atoms with E-state index in [0.717, 1.165) is 17.5 Å². The summed E-state index contributed by atoms with van der Waals surface area (Å²) in [6.07, 6.45) is 0.996. The van der Waals surface area contributed by atoms with Crippen LogP contribution in [0.15, 0.2) is 12.1 Å². The second kappa shape index (κ2) is 3.40. The molecular formula is C11H13N. The molecule has 1 nitrogen and oxygen atoms in total. The van der Waals surface area contributed by atoms with Gasteiger partial charge in [0.2, 0.25) is 0 Å². The van der Waals surface area contributed by atoms with Crippen LogP contribution in [0.2, 0.25) is 0 Å². The number of benzene rings is 1. The van der Waals surface area contributed by atoms with E-state index in [1.165, 1.54) is 11.1 Å². The number of rotatable bonds is 1. The zero-order valence-corrected chi connectivity index (χ0v) is 7.81. The van der Waals surface area contributed by atoms with Crippen molar-refractivity contribution in [3.63, 3.8) is 0 Å². The largest absolute Gasteiger partial charge is 0.192 e. The first-order valence-electron chi connectivity index (χ1n) is 4.19. The molecule has 0 aromatic heterocycles. The predicted octanol–water partition coefficient (Wildman–Crippen LogP) is 2.74. The monoisotopic (exact) mass is 159 g/mol. The van der Waals surface area contributed by atoms with Gasteiger partial charge in [0.1, 0.15) is 0 Å². The zero-order chi connectivity index (χ0) is 9.14. The first-order chi connectivity index (χ1) is 5.69. The molecule has 0 saturated carbocycles. The quantitative estimate of drug-likeness (QED) is 0.618. The van der Waals surface area contributed by atoms with E-state index in [-0.39, 0.29) is 0 Å². The maximum atomic E-state index is 8.81. The minimum absolute atomic E-state index is 0.812. The Morgan fingerprint density at radius 1 is 1.33 bits per heavy atom. The third kappa shape index (κ3) is 1.48. The summed E-state index contributed by atoms with van der Waals surface area (Å²) < 4.78 is 0. The molecule has 12 heavy (non-hydrogen) atoms. The van der Waals surface area contributed by atoms with Crippen molar-refractivity contribution in [2.75, 3.05) is 0 Å². The highest BCUT2D eigenvalue weighted by Gasteiger charge is 2.01. The van der Waals surface area contributed by atoms with Crippen molar-refractivity contribution >= 4 is 0 Å². The minimum Gasteiger partial charge on any atom is -0.192 e. The molecule has 1 aromatic carbocycles. The molecule has 1 rings (SSSR count). The summed E-state index contributed by atoms with van der Waals surface area (Å²) in [5, 5.41) is 8.81. The highest BCUT2D eigenvalue weighted by molar-refractivity contribution is 5.44. The Bertz CT molecular complexity index is 332. The van der Waals surface area contributed by atoms with Gasteiger partial charge in [0.15, 0.2) is 0 Å². The van der Waals surface area contributed by atoms with Crippen molar-refractivity contribution in [2.45, 2.75) is 27.2 Å². The minimum atomic E-state index is 0.812. The molecule has 0 aliphatic heterocycles. The third-order valence-corrected chi connectivity index (χ3v) is 2.26. The molecule has 0 atom stereocenters. The summed E-state index contributed by atoms with van der Waals surface area (Å²) in [6.45, 7) is 6.15. The average molecular weight is 159 g/mol. The summed E-state index contributed by atoms with van der Waals surface area (Å²) in [4.78, 5) is 0. The fourth-order valence-electron chi connectivity index (χ4n) is 1.25. The van der Waals surface area contributed by atoms with Gasteiger partial charge in [-0.3, -0.25) is 0 Å². The molecule has 0 aliphatic rings. The van der Waals surface area contributed by atoms with Gasteiger partial charge >= 0.3 is 0 Å². The lowest BCUT2D eigenvalue weighted by molar-refractivity contribution is 1.12. The molecule has 62 valence electrons. The standard InChI is InChI=1S/C11H13N/c1-4-10-5-8(2)9(3)11(6-10)7-12/h5-6H,4H2,1-3H3. The van der Waals surface area contributed by atoms with E-state index in [1.54, 1.807) is 0 Å². The van der Waals surface area contributed by atoms with Crippen LogP contribution in [0.5, 0.6) is 0 Å². The number of aryl methyl sites for hydroxylation is 2.